The van der Waals surface area contributed by atoms with Gasteiger partial charge in [-0.1, -0.05) is 27.7 Å². The molecule has 0 aromatic rings. The van der Waals surface area contributed by atoms with Crippen LogP contribution in [0.5, 0.6) is 0 Å². The first-order valence-electron chi connectivity index (χ1n) is 3.76. The van der Waals surface area contributed by atoms with Gasteiger partial charge in [-0.2, -0.15) is 0 Å². The second-order valence-electron chi connectivity index (χ2n) is 3.29. The van der Waals surface area contributed by atoms with E-state index in [0.717, 1.165) is 0 Å². The lowest BCUT2D eigenvalue weighted by atomic mass is 9.86. The quantitative estimate of drug-likeness (QED) is 0.637. The van der Waals surface area contributed by atoms with Crippen LogP contribution in [0.15, 0.2) is 0 Å². The molecule has 0 rings (SSSR count). The van der Waals surface area contributed by atoms with Crippen molar-refractivity contribution in [2.24, 2.45) is 23.5 Å². The van der Waals surface area contributed by atoms with Crippen molar-refractivity contribution in [2.75, 3.05) is 0 Å². The molecule has 0 aliphatic carbocycles. The third kappa shape index (κ3) is 2.38. The zero-order valence-electron chi connectivity index (χ0n) is 7.22. The van der Waals surface area contributed by atoms with Crippen LogP contribution in [-0.2, 0) is 4.79 Å². The second-order valence-corrected chi connectivity index (χ2v) is 3.29. The smallest absolute Gasteiger partial charge is 0.220 e. The molecule has 10 heavy (non-hydrogen) atoms. The average Bonchev–Trinajstić information content (AvgIpc) is 1.84. The number of rotatable bonds is 3. The first-order chi connectivity index (χ1) is 4.46. The number of amides is 1. The Labute approximate surface area is 62.8 Å². The zero-order valence-corrected chi connectivity index (χ0v) is 7.22. The third-order valence-electron chi connectivity index (χ3n) is 2.29. The van der Waals surface area contributed by atoms with Gasteiger partial charge in [-0.3, -0.25) is 4.79 Å². The number of primary amides is 1. The normalized spacial score (nSPS) is 16.9. The fraction of sp³-hybridized carbons (Fsp3) is 0.875. The summed E-state index contributed by atoms with van der Waals surface area (Å²) in [5, 5.41) is 0. The van der Waals surface area contributed by atoms with E-state index in [-0.39, 0.29) is 11.8 Å². The maximum Gasteiger partial charge on any atom is 0.220 e. The summed E-state index contributed by atoms with van der Waals surface area (Å²) in [5.74, 6) is 0.723. The molecule has 0 bridgehead atoms. The van der Waals surface area contributed by atoms with Crippen LogP contribution in [0.2, 0.25) is 0 Å². The van der Waals surface area contributed by atoms with Crippen molar-refractivity contribution < 1.29 is 4.79 Å². The molecule has 1 amide bonds. The molecule has 2 atom stereocenters. The van der Waals surface area contributed by atoms with Crippen LogP contribution >= 0.6 is 0 Å². The standard InChI is InChI=1S/C8H17NO/c1-5(2)6(3)7(4)8(9)10/h5-7H,1-4H3,(H2,9,10)/t6-,7+/m1/s1. The van der Waals surface area contributed by atoms with Gasteiger partial charge < -0.3 is 5.73 Å². The fourth-order valence-corrected chi connectivity index (χ4v) is 0.836. The van der Waals surface area contributed by atoms with Gasteiger partial charge in [0.1, 0.15) is 0 Å². The van der Waals surface area contributed by atoms with Crippen LogP contribution in [0.3, 0.4) is 0 Å². The third-order valence-corrected chi connectivity index (χ3v) is 2.29. The van der Waals surface area contributed by atoms with Gasteiger partial charge in [0.15, 0.2) is 0 Å². The molecule has 0 aromatic heterocycles. The summed E-state index contributed by atoms with van der Waals surface area (Å²) in [5.41, 5.74) is 5.14. The molecule has 0 aliphatic heterocycles. The summed E-state index contributed by atoms with van der Waals surface area (Å²) in [6, 6.07) is 0. The predicted octanol–water partition coefficient (Wildman–Crippen LogP) is 1.40. The largest absolute Gasteiger partial charge is 0.369 e. The van der Waals surface area contributed by atoms with Crippen molar-refractivity contribution >= 4 is 5.91 Å². The molecule has 0 unspecified atom stereocenters. The molecule has 2 N–H and O–H groups in total. The van der Waals surface area contributed by atoms with Crippen LogP contribution in [0.25, 0.3) is 0 Å². The highest BCUT2D eigenvalue weighted by Gasteiger charge is 2.19. The van der Waals surface area contributed by atoms with Crippen LogP contribution in [0, 0.1) is 17.8 Å². The highest BCUT2D eigenvalue weighted by Crippen LogP contribution is 2.18. The minimum absolute atomic E-state index is 0.000000000000000222. The SMILES string of the molecule is CC(C)[C@@H](C)[C@H](C)C(N)=O. The van der Waals surface area contributed by atoms with E-state index in [1.807, 2.05) is 6.92 Å². The molecule has 0 fully saturated rings. The Morgan fingerprint density at radius 2 is 1.60 bits per heavy atom. The first-order valence-corrected chi connectivity index (χ1v) is 3.76. The van der Waals surface area contributed by atoms with Gasteiger partial charge in [0.25, 0.3) is 0 Å². The minimum Gasteiger partial charge on any atom is -0.369 e. The Bertz CT molecular complexity index is 120. The van der Waals surface area contributed by atoms with Crippen molar-refractivity contribution in [1.29, 1.82) is 0 Å². The Hall–Kier alpha value is -0.530. The second kappa shape index (κ2) is 3.59. The maximum atomic E-state index is 10.7. The molecule has 0 aliphatic rings. The minimum atomic E-state index is -0.193. The molecule has 0 heterocycles. The summed E-state index contributed by atoms with van der Waals surface area (Å²) < 4.78 is 0. The lowest BCUT2D eigenvalue weighted by molar-refractivity contribution is -0.123. The highest BCUT2D eigenvalue weighted by molar-refractivity contribution is 5.76. The molecule has 60 valence electrons. The molecule has 0 saturated heterocycles. The van der Waals surface area contributed by atoms with Gasteiger partial charge in [-0.05, 0) is 11.8 Å². The van der Waals surface area contributed by atoms with E-state index < -0.39 is 0 Å². The predicted molar refractivity (Wildman–Crippen MR) is 42.4 cm³/mol. The van der Waals surface area contributed by atoms with Crippen LogP contribution in [0.1, 0.15) is 27.7 Å². The van der Waals surface area contributed by atoms with Gasteiger partial charge >= 0.3 is 0 Å². The summed E-state index contributed by atoms with van der Waals surface area (Å²) in [7, 11) is 0. The number of hydrogen-bond donors (Lipinski definition) is 1. The summed E-state index contributed by atoms with van der Waals surface area (Å²) in [6.45, 7) is 8.14. The molecular formula is C8H17NO. The van der Waals surface area contributed by atoms with Crippen molar-refractivity contribution in [3.8, 4) is 0 Å². The summed E-state index contributed by atoms with van der Waals surface area (Å²) in [6.07, 6.45) is 0. The number of hydrogen-bond acceptors (Lipinski definition) is 1. The summed E-state index contributed by atoms with van der Waals surface area (Å²) >= 11 is 0. The van der Waals surface area contributed by atoms with Gasteiger partial charge in [0, 0.05) is 5.92 Å². The molecule has 2 nitrogen and oxygen atoms in total. The van der Waals surface area contributed by atoms with E-state index in [4.69, 9.17) is 5.73 Å². The fourth-order valence-electron chi connectivity index (χ4n) is 0.836. The Kier molecular flexibility index (Phi) is 3.40. The lowest BCUT2D eigenvalue weighted by Gasteiger charge is -2.19. The van der Waals surface area contributed by atoms with Gasteiger partial charge in [0.05, 0.1) is 0 Å². The Morgan fingerprint density at radius 3 is 1.70 bits per heavy atom. The molecule has 0 spiro atoms. The van der Waals surface area contributed by atoms with E-state index in [1.165, 1.54) is 0 Å². The van der Waals surface area contributed by atoms with Crippen molar-refractivity contribution in [1.82, 2.24) is 0 Å². The van der Waals surface area contributed by atoms with Crippen LogP contribution in [-0.4, -0.2) is 5.91 Å². The van der Waals surface area contributed by atoms with Crippen molar-refractivity contribution in [3.05, 3.63) is 0 Å². The highest BCUT2D eigenvalue weighted by atomic mass is 16.1. The van der Waals surface area contributed by atoms with Crippen molar-refractivity contribution in [2.45, 2.75) is 27.7 Å². The monoisotopic (exact) mass is 143 g/mol. The Morgan fingerprint density at radius 1 is 1.20 bits per heavy atom. The maximum absolute atomic E-state index is 10.7. The van der Waals surface area contributed by atoms with E-state index in [1.54, 1.807) is 0 Å². The van der Waals surface area contributed by atoms with E-state index >= 15 is 0 Å². The molecule has 0 radical (unpaired) electrons. The van der Waals surface area contributed by atoms with Crippen LogP contribution in [0.4, 0.5) is 0 Å². The van der Waals surface area contributed by atoms with E-state index in [0.29, 0.717) is 11.8 Å². The molecular weight excluding hydrogens is 126 g/mol. The molecule has 0 saturated carbocycles. The lowest BCUT2D eigenvalue weighted by Crippen LogP contribution is -2.28. The average molecular weight is 143 g/mol. The molecule has 2 heteroatoms. The number of carbonyl (C=O) groups is 1. The van der Waals surface area contributed by atoms with Gasteiger partial charge in [0.2, 0.25) is 5.91 Å². The Balaban J connectivity index is 3.94. The van der Waals surface area contributed by atoms with Crippen molar-refractivity contribution in [3.63, 3.8) is 0 Å². The topological polar surface area (TPSA) is 43.1 Å². The summed E-state index contributed by atoms with van der Waals surface area (Å²) in [4.78, 5) is 10.7. The van der Waals surface area contributed by atoms with Gasteiger partial charge in [-0.15, -0.1) is 0 Å². The van der Waals surface area contributed by atoms with E-state index in [2.05, 4.69) is 20.8 Å². The first kappa shape index (κ1) is 9.47. The van der Waals surface area contributed by atoms with Crippen LogP contribution < -0.4 is 5.73 Å². The van der Waals surface area contributed by atoms with E-state index in [9.17, 15) is 4.79 Å². The zero-order chi connectivity index (χ0) is 8.31. The number of nitrogens with two attached hydrogens (primary N) is 1. The molecule has 0 aromatic carbocycles. The number of carbonyl (C=O) groups excluding carboxylic acids is 1. The van der Waals surface area contributed by atoms with Gasteiger partial charge in [-0.25, -0.2) is 0 Å².